The largest absolute Gasteiger partial charge is 0.378 e. The van der Waals surface area contributed by atoms with Crippen molar-refractivity contribution in [2.45, 2.75) is 45.4 Å². The molecule has 1 saturated carbocycles. The van der Waals surface area contributed by atoms with Gasteiger partial charge in [-0.25, -0.2) is 0 Å². The summed E-state index contributed by atoms with van der Waals surface area (Å²) in [5.41, 5.74) is 7.81. The van der Waals surface area contributed by atoms with E-state index in [4.69, 9.17) is 10.5 Å². The third-order valence-corrected chi connectivity index (χ3v) is 5.45. The number of benzene rings is 1. The van der Waals surface area contributed by atoms with Crippen LogP contribution in [0.2, 0.25) is 0 Å². The highest BCUT2D eigenvalue weighted by atomic mass is 79.9. The second-order valence-corrected chi connectivity index (χ2v) is 7.74. The molecule has 2 N–H and O–H groups in total. The van der Waals surface area contributed by atoms with Gasteiger partial charge < -0.3 is 15.4 Å². The Kier molecular flexibility index (Phi) is 5.14. The SMILES string of the molecule is CCOC1CC(N)(CN(C)Cc2ccc(Br)cc2)C1(C)C. The van der Waals surface area contributed by atoms with Gasteiger partial charge in [0.05, 0.1) is 6.10 Å². The van der Waals surface area contributed by atoms with Crippen molar-refractivity contribution in [3.05, 3.63) is 34.3 Å². The van der Waals surface area contributed by atoms with Crippen molar-refractivity contribution in [1.82, 2.24) is 4.90 Å². The van der Waals surface area contributed by atoms with Gasteiger partial charge in [0.25, 0.3) is 0 Å². The van der Waals surface area contributed by atoms with Crippen molar-refractivity contribution in [3.63, 3.8) is 0 Å². The molecule has 1 aliphatic carbocycles. The van der Waals surface area contributed by atoms with Crippen LogP contribution >= 0.6 is 15.9 Å². The molecule has 1 aromatic rings. The summed E-state index contributed by atoms with van der Waals surface area (Å²) >= 11 is 3.47. The number of likely N-dealkylation sites (N-methyl/N-ethyl adjacent to an activating group) is 1. The highest BCUT2D eigenvalue weighted by Gasteiger charge is 2.58. The first-order valence-electron chi connectivity index (χ1n) is 7.62. The topological polar surface area (TPSA) is 38.5 Å². The first kappa shape index (κ1) is 16.9. The summed E-state index contributed by atoms with van der Waals surface area (Å²) in [7, 11) is 2.14. The van der Waals surface area contributed by atoms with Crippen molar-refractivity contribution in [1.29, 1.82) is 0 Å². The molecular weight excluding hydrogens is 328 g/mol. The van der Waals surface area contributed by atoms with E-state index in [0.29, 0.717) is 0 Å². The Morgan fingerprint density at radius 2 is 1.95 bits per heavy atom. The number of nitrogens with zero attached hydrogens (tertiary/aromatic N) is 1. The average molecular weight is 355 g/mol. The number of hydrogen-bond acceptors (Lipinski definition) is 3. The van der Waals surface area contributed by atoms with E-state index in [-0.39, 0.29) is 17.1 Å². The van der Waals surface area contributed by atoms with E-state index >= 15 is 0 Å². The third-order valence-electron chi connectivity index (χ3n) is 4.92. The molecule has 0 aromatic heterocycles. The smallest absolute Gasteiger partial charge is 0.0662 e. The summed E-state index contributed by atoms with van der Waals surface area (Å²) in [6.07, 6.45) is 1.23. The molecule has 118 valence electrons. The lowest BCUT2D eigenvalue weighted by Crippen LogP contribution is -2.73. The van der Waals surface area contributed by atoms with Crippen LogP contribution in [0.15, 0.2) is 28.7 Å². The highest BCUT2D eigenvalue weighted by molar-refractivity contribution is 9.10. The van der Waals surface area contributed by atoms with Crippen LogP contribution in [0.1, 0.15) is 32.8 Å². The van der Waals surface area contributed by atoms with Crippen LogP contribution < -0.4 is 5.73 Å². The molecule has 2 rings (SSSR count). The normalized spacial score (nSPS) is 27.7. The minimum Gasteiger partial charge on any atom is -0.378 e. The molecule has 21 heavy (non-hydrogen) atoms. The summed E-state index contributed by atoms with van der Waals surface area (Å²) < 4.78 is 6.91. The molecule has 1 aromatic carbocycles. The molecule has 0 spiro atoms. The Balaban J connectivity index is 1.93. The molecule has 0 radical (unpaired) electrons. The molecule has 1 fully saturated rings. The van der Waals surface area contributed by atoms with Crippen LogP contribution in [0.5, 0.6) is 0 Å². The molecule has 4 heteroatoms. The van der Waals surface area contributed by atoms with Crippen LogP contribution in [0.3, 0.4) is 0 Å². The fourth-order valence-electron chi connectivity index (χ4n) is 3.21. The van der Waals surface area contributed by atoms with Crippen molar-refractivity contribution < 1.29 is 4.74 Å². The van der Waals surface area contributed by atoms with Crippen LogP contribution in [0.4, 0.5) is 0 Å². The van der Waals surface area contributed by atoms with Gasteiger partial charge in [-0.3, -0.25) is 0 Å². The minimum atomic E-state index is -0.170. The van der Waals surface area contributed by atoms with Gasteiger partial charge in [-0.05, 0) is 38.1 Å². The number of halogens is 1. The maximum atomic E-state index is 6.65. The molecular formula is C17H27BrN2O. The number of rotatable bonds is 6. The van der Waals surface area contributed by atoms with E-state index in [1.807, 2.05) is 6.92 Å². The summed E-state index contributed by atoms with van der Waals surface area (Å²) in [6.45, 7) is 9.07. The average Bonchev–Trinajstić information content (AvgIpc) is 2.41. The number of nitrogens with two attached hydrogens (primary N) is 1. The van der Waals surface area contributed by atoms with Gasteiger partial charge in [0.1, 0.15) is 0 Å². The van der Waals surface area contributed by atoms with Gasteiger partial charge in [0.2, 0.25) is 0 Å². The molecule has 2 unspecified atom stereocenters. The summed E-state index contributed by atoms with van der Waals surface area (Å²) in [5, 5.41) is 0. The third kappa shape index (κ3) is 3.50. The predicted molar refractivity (Wildman–Crippen MR) is 91.2 cm³/mol. The maximum Gasteiger partial charge on any atom is 0.0662 e. The van der Waals surface area contributed by atoms with Crippen molar-refractivity contribution >= 4 is 15.9 Å². The van der Waals surface area contributed by atoms with Gasteiger partial charge in [-0.2, -0.15) is 0 Å². The summed E-state index contributed by atoms with van der Waals surface area (Å²) in [4.78, 5) is 2.31. The van der Waals surface area contributed by atoms with E-state index in [1.165, 1.54) is 5.56 Å². The standard InChI is InChI=1S/C17H27BrN2O/c1-5-21-15-10-17(19,16(15,2)3)12-20(4)11-13-6-8-14(18)9-7-13/h6-9,15H,5,10-12,19H2,1-4H3. The Bertz CT molecular complexity index is 474. The zero-order valence-corrected chi connectivity index (χ0v) is 15.1. The van der Waals surface area contributed by atoms with E-state index in [1.54, 1.807) is 0 Å². The molecule has 0 aliphatic heterocycles. The van der Waals surface area contributed by atoms with E-state index in [2.05, 4.69) is 66.0 Å². The molecule has 2 atom stereocenters. The lowest BCUT2D eigenvalue weighted by Gasteiger charge is -2.60. The Morgan fingerprint density at radius 3 is 2.48 bits per heavy atom. The van der Waals surface area contributed by atoms with E-state index < -0.39 is 0 Å². The van der Waals surface area contributed by atoms with Gasteiger partial charge in [-0.1, -0.05) is 41.9 Å². The molecule has 0 bridgehead atoms. The molecule has 1 aliphatic rings. The van der Waals surface area contributed by atoms with Crippen LogP contribution in [-0.4, -0.2) is 36.7 Å². The molecule has 0 heterocycles. The van der Waals surface area contributed by atoms with Gasteiger partial charge in [-0.15, -0.1) is 0 Å². The Morgan fingerprint density at radius 1 is 1.33 bits per heavy atom. The fraction of sp³-hybridized carbons (Fsp3) is 0.647. The summed E-state index contributed by atoms with van der Waals surface area (Å²) in [5.74, 6) is 0. The molecule has 3 nitrogen and oxygen atoms in total. The molecule has 0 saturated heterocycles. The molecule has 0 amide bonds. The minimum absolute atomic E-state index is 0.0248. The van der Waals surface area contributed by atoms with Crippen LogP contribution in [-0.2, 0) is 11.3 Å². The first-order valence-corrected chi connectivity index (χ1v) is 8.41. The lowest BCUT2D eigenvalue weighted by atomic mass is 9.54. The zero-order chi connectivity index (χ0) is 15.7. The van der Waals surface area contributed by atoms with Crippen LogP contribution in [0, 0.1) is 5.41 Å². The summed E-state index contributed by atoms with van der Waals surface area (Å²) in [6, 6.07) is 8.47. The first-order chi connectivity index (χ1) is 9.78. The zero-order valence-electron chi connectivity index (χ0n) is 13.5. The highest BCUT2D eigenvalue weighted by Crippen LogP contribution is 2.50. The van der Waals surface area contributed by atoms with E-state index in [9.17, 15) is 0 Å². The second-order valence-electron chi connectivity index (χ2n) is 6.82. The van der Waals surface area contributed by atoms with Gasteiger partial charge in [0.15, 0.2) is 0 Å². The number of hydrogen-bond donors (Lipinski definition) is 1. The van der Waals surface area contributed by atoms with Crippen molar-refractivity contribution in [3.8, 4) is 0 Å². The van der Waals surface area contributed by atoms with Crippen molar-refractivity contribution in [2.75, 3.05) is 20.2 Å². The number of ether oxygens (including phenoxy) is 1. The second kappa shape index (κ2) is 6.37. The van der Waals surface area contributed by atoms with Crippen molar-refractivity contribution in [2.24, 2.45) is 11.1 Å². The van der Waals surface area contributed by atoms with Gasteiger partial charge in [0, 0.05) is 35.1 Å². The Labute approximate surface area is 137 Å². The van der Waals surface area contributed by atoms with E-state index in [0.717, 1.165) is 30.6 Å². The predicted octanol–water partition coefficient (Wildman–Crippen LogP) is 3.41. The fourth-order valence-corrected chi connectivity index (χ4v) is 3.48. The Hall–Kier alpha value is -0.420. The maximum absolute atomic E-state index is 6.65. The van der Waals surface area contributed by atoms with Crippen LogP contribution in [0.25, 0.3) is 0 Å². The quantitative estimate of drug-likeness (QED) is 0.850. The van der Waals surface area contributed by atoms with Gasteiger partial charge >= 0.3 is 0 Å². The monoisotopic (exact) mass is 354 g/mol. The lowest BCUT2D eigenvalue weighted by molar-refractivity contribution is -0.155.